The molecule has 3 aromatic rings. The summed E-state index contributed by atoms with van der Waals surface area (Å²) < 4.78 is 52.8. The van der Waals surface area contributed by atoms with Gasteiger partial charge in [-0.2, -0.15) is 13.2 Å². The summed E-state index contributed by atoms with van der Waals surface area (Å²) in [4.78, 5) is 11.3. The number of hydrogen-bond donors (Lipinski definition) is 2. The van der Waals surface area contributed by atoms with Crippen LogP contribution in [0.25, 0.3) is 10.9 Å². The molecule has 0 amide bonds. The molecular formula is C25H28F3N5O2. The van der Waals surface area contributed by atoms with Crippen molar-refractivity contribution in [2.75, 3.05) is 42.7 Å². The largest absolute Gasteiger partial charge is 0.488 e. The van der Waals surface area contributed by atoms with Gasteiger partial charge in [0.2, 0.25) is 0 Å². The highest BCUT2D eigenvalue weighted by Gasteiger charge is 2.36. The molecular weight excluding hydrogens is 459 g/mol. The topological polar surface area (TPSA) is 99.5 Å². The highest BCUT2D eigenvalue weighted by molar-refractivity contribution is 6.01. The number of nitrogens with two attached hydrogens (primary N) is 2. The predicted molar refractivity (Wildman–Crippen MR) is 129 cm³/mol. The summed E-state index contributed by atoms with van der Waals surface area (Å²) in [5, 5.41) is 0.650. The smallest absolute Gasteiger partial charge is 0.416 e. The Balaban J connectivity index is 1.84. The van der Waals surface area contributed by atoms with E-state index < -0.39 is 17.7 Å². The Morgan fingerprint density at radius 1 is 1.11 bits per heavy atom. The van der Waals surface area contributed by atoms with Gasteiger partial charge in [-0.05, 0) is 43.2 Å². The Kier molecular flexibility index (Phi) is 5.66. The maximum absolute atomic E-state index is 13.6. The average Bonchev–Trinajstić information content (AvgIpc) is 3.18. The predicted octanol–water partition coefficient (Wildman–Crippen LogP) is 4.43. The molecule has 186 valence electrons. The number of nitrogens with zero attached hydrogens (tertiary/aromatic N) is 3. The molecule has 2 aliphatic rings. The van der Waals surface area contributed by atoms with E-state index in [1.165, 1.54) is 0 Å². The molecule has 4 N–H and O–H groups in total. The second kappa shape index (κ2) is 8.44. The van der Waals surface area contributed by atoms with Crippen molar-refractivity contribution in [3.63, 3.8) is 0 Å². The minimum atomic E-state index is -4.52. The van der Waals surface area contributed by atoms with Gasteiger partial charge in [-0.1, -0.05) is 6.92 Å². The molecule has 10 heteroatoms. The van der Waals surface area contributed by atoms with Gasteiger partial charge in [-0.15, -0.1) is 0 Å². The fraction of sp³-hybridized carbons (Fsp3) is 0.440. The fourth-order valence-electron chi connectivity index (χ4n) is 5.20. The lowest BCUT2D eigenvalue weighted by molar-refractivity contribution is -0.137. The van der Waals surface area contributed by atoms with E-state index >= 15 is 0 Å². The number of anilines is 3. The van der Waals surface area contributed by atoms with E-state index in [4.69, 9.17) is 25.9 Å². The maximum Gasteiger partial charge on any atom is 0.416 e. The first-order chi connectivity index (χ1) is 16.5. The van der Waals surface area contributed by atoms with Crippen molar-refractivity contribution in [1.29, 1.82) is 0 Å². The van der Waals surface area contributed by atoms with Crippen molar-refractivity contribution in [1.82, 2.24) is 9.97 Å². The van der Waals surface area contributed by atoms with Crippen LogP contribution in [0.5, 0.6) is 5.75 Å². The number of aromatic nitrogens is 2. The average molecular weight is 488 g/mol. The Hall–Kier alpha value is -3.27. The summed E-state index contributed by atoms with van der Waals surface area (Å²) in [7, 11) is 0. The zero-order valence-electron chi connectivity index (χ0n) is 19.9. The summed E-state index contributed by atoms with van der Waals surface area (Å²) in [5.41, 5.74) is 15.3. The molecule has 35 heavy (non-hydrogen) atoms. The van der Waals surface area contributed by atoms with Crippen LogP contribution in [0.1, 0.15) is 47.8 Å². The zero-order valence-corrected chi connectivity index (χ0v) is 19.9. The summed E-state index contributed by atoms with van der Waals surface area (Å²) in [5.74, 6) is 1.04. The summed E-state index contributed by atoms with van der Waals surface area (Å²) >= 11 is 0. The first kappa shape index (κ1) is 23.5. The molecule has 1 saturated heterocycles. The van der Waals surface area contributed by atoms with Crippen molar-refractivity contribution in [3.8, 4) is 5.75 Å². The Labute approximate surface area is 201 Å². The minimum Gasteiger partial charge on any atom is -0.488 e. The van der Waals surface area contributed by atoms with Crippen LogP contribution in [0.2, 0.25) is 0 Å². The van der Waals surface area contributed by atoms with Gasteiger partial charge in [0.25, 0.3) is 0 Å². The number of fused-ring (bicyclic) bond motifs is 3. The molecule has 0 aliphatic carbocycles. The van der Waals surface area contributed by atoms with Crippen molar-refractivity contribution in [2.24, 2.45) is 0 Å². The Morgan fingerprint density at radius 3 is 2.51 bits per heavy atom. The fourth-order valence-corrected chi connectivity index (χ4v) is 5.20. The van der Waals surface area contributed by atoms with Crippen molar-refractivity contribution >= 4 is 28.1 Å². The van der Waals surface area contributed by atoms with Gasteiger partial charge in [0.05, 0.1) is 30.0 Å². The highest BCUT2D eigenvalue weighted by Crippen LogP contribution is 2.51. The van der Waals surface area contributed by atoms with E-state index in [9.17, 15) is 13.2 Å². The van der Waals surface area contributed by atoms with Crippen LogP contribution < -0.4 is 21.1 Å². The first-order valence-electron chi connectivity index (χ1n) is 11.6. The van der Waals surface area contributed by atoms with Crippen molar-refractivity contribution in [2.45, 2.75) is 45.4 Å². The normalized spacial score (nSPS) is 19.0. The minimum absolute atomic E-state index is 0.0463. The molecule has 1 fully saturated rings. The molecule has 0 radical (unpaired) electrons. The summed E-state index contributed by atoms with van der Waals surface area (Å²) in [6.45, 7) is 7.92. The van der Waals surface area contributed by atoms with E-state index in [0.717, 1.165) is 28.9 Å². The number of hydrogen-bond acceptors (Lipinski definition) is 7. The van der Waals surface area contributed by atoms with Crippen molar-refractivity contribution < 1.29 is 22.6 Å². The number of morpholine rings is 1. The van der Waals surface area contributed by atoms with Gasteiger partial charge in [-0.25, -0.2) is 9.97 Å². The third kappa shape index (κ3) is 4.09. The SMILES string of the molecule is Cc1nc(N)c2c([C@H](C)c3cc(N)cc(C(F)(F)F)c3)c(N3CCOCC3)c3c(c2n1)CC(C)O3. The van der Waals surface area contributed by atoms with Crippen LogP contribution in [0, 0.1) is 6.92 Å². The molecule has 2 aromatic carbocycles. The third-order valence-electron chi connectivity index (χ3n) is 6.72. The summed E-state index contributed by atoms with van der Waals surface area (Å²) in [6.07, 6.45) is -3.93. The lowest BCUT2D eigenvalue weighted by atomic mass is 9.85. The van der Waals surface area contributed by atoms with Crippen LogP contribution >= 0.6 is 0 Å². The van der Waals surface area contributed by atoms with Crippen LogP contribution in [0.3, 0.4) is 0 Å². The molecule has 0 bridgehead atoms. The second-order valence-corrected chi connectivity index (χ2v) is 9.29. The Morgan fingerprint density at radius 2 is 1.83 bits per heavy atom. The molecule has 3 heterocycles. The van der Waals surface area contributed by atoms with E-state index in [-0.39, 0.29) is 11.8 Å². The molecule has 2 atom stereocenters. The number of alkyl halides is 3. The molecule has 0 spiro atoms. The van der Waals surface area contributed by atoms with Gasteiger partial charge in [-0.3, -0.25) is 0 Å². The lowest BCUT2D eigenvalue weighted by Crippen LogP contribution is -2.37. The van der Waals surface area contributed by atoms with Crippen LogP contribution in [-0.4, -0.2) is 42.4 Å². The number of rotatable bonds is 3. The maximum atomic E-state index is 13.6. The van der Waals surface area contributed by atoms with E-state index in [0.29, 0.717) is 66.6 Å². The number of benzene rings is 2. The van der Waals surface area contributed by atoms with Crippen LogP contribution in [0.4, 0.5) is 30.4 Å². The molecule has 5 rings (SSSR count). The lowest BCUT2D eigenvalue weighted by Gasteiger charge is -2.34. The zero-order chi connectivity index (χ0) is 25.1. The number of nitrogen functional groups attached to an aromatic ring is 2. The van der Waals surface area contributed by atoms with E-state index in [2.05, 4.69) is 9.88 Å². The first-order valence-corrected chi connectivity index (χ1v) is 11.6. The molecule has 2 aliphatic heterocycles. The standard InChI is InChI=1S/C25H28F3N5O2/c1-12-8-18-21-20(24(30)32-14(3)31-21)19(22(23(18)35-12)33-4-6-34-7-5-33)13(2)15-9-16(25(26,27)28)11-17(29)10-15/h9-13H,4-8,29H2,1-3H3,(H2,30,31,32)/t12?,13-/m1/s1. The van der Waals surface area contributed by atoms with Crippen LogP contribution in [-0.2, 0) is 17.3 Å². The quantitative estimate of drug-likeness (QED) is 0.527. The Bertz CT molecular complexity index is 1300. The van der Waals surface area contributed by atoms with Gasteiger partial charge in [0, 0.05) is 42.1 Å². The molecule has 0 saturated carbocycles. The molecule has 1 unspecified atom stereocenters. The monoisotopic (exact) mass is 487 g/mol. The summed E-state index contributed by atoms with van der Waals surface area (Å²) in [6, 6.07) is 3.68. The number of halogens is 3. The second-order valence-electron chi connectivity index (χ2n) is 9.29. The van der Waals surface area contributed by atoms with Gasteiger partial charge >= 0.3 is 6.18 Å². The van der Waals surface area contributed by atoms with Gasteiger partial charge in [0.15, 0.2) is 0 Å². The van der Waals surface area contributed by atoms with Crippen LogP contribution in [0.15, 0.2) is 18.2 Å². The van der Waals surface area contributed by atoms with Crippen molar-refractivity contribution in [3.05, 3.63) is 46.3 Å². The van der Waals surface area contributed by atoms with E-state index in [1.807, 2.05) is 13.8 Å². The highest BCUT2D eigenvalue weighted by atomic mass is 19.4. The van der Waals surface area contributed by atoms with Gasteiger partial charge < -0.3 is 25.8 Å². The number of aryl methyl sites for hydroxylation is 1. The molecule has 7 nitrogen and oxygen atoms in total. The van der Waals surface area contributed by atoms with E-state index in [1.54, 1.807) is 13.0 Å². The molecule has 1 aromatic heterocycles. The van der Waals surface area contributed by atoms with Gasteiger partial charge in [0.1, 0.15) is 23.5 Å². The number of ether oxygens (including phenoxy) is 2. The third-order valence-corrected chi connectivity index (χ3v) is 6.72.